The highest BCUT2D eigenvalue weighted by molar-refractivity contribution is 4.80. The fourth-order valence-electron chi connectivity index (χ4n) is 4.36. The Balaban J connectivity index is 1.56. The van der Waals surface area contributed by atoms with Gasteiger partial charge in [0.15, 0.2) is 0 Å². The van der Waals surface area contributed by atoms with Gasteiger partial charge in [0.25, 0.3) is 0 Å². The van der Waals surface area contributed by atoms with Crippen molar-refractivity contribution in [3.63, 3.8) is 0 Å². The van der Waals surface area contributed by atoms with E-state index in [-0.39, 0.29) is 0 Å². The maximum atomic E-state index is 3.84. The first-order valence-electron chi connectivity index (χ1n) is 9.60. The van der Waals surface area contributed by atoms with E-state index in [0.717, 1.165) is 23.9 Å². The van der Waals surface area contributed by atoms with E-state index in [2.05, 4.69) is 31.1 Å². The van der Waals surface area contributed by atoms with E-state index in [1.807, 2.05) is 0 Å². The van der Waals surface area contributed by atoms with Crippen molar-refractivity contribution in [1.82, 2.24) is 10.2 Å². The molecule has 2 nitrogen and oxygen atoms in total. The van der Waals surface area contributed by atoms with Gasteiger partial charge in [-0.25, -0.2) is 0 Å². The summed E-state index contributed by atoms with van der Waals surface area (Å²) in [7, 11) is 2.34. The second-order valence-corrected chi connectivity index (χ2v) is 7.95. The van der Waals surface area contributed by atoms with Gasteiger partial charge in [-0.3, -0.25) is 0 Å². The molecule has 124 valence electrons. The van der Waals surface area contributed by atoms with Crippen molar-refractivity contribution in [2.24, 2.45) is 11.8 Å². The molecule has 2 rings (SSSR count). The lowest BCUT2D eigenvalue weighted by atomic mass is 9.79. The number of rotatable bonds is 7. The molecule has 0 heterocycles. The average Bonchev–Trinajstić information content (AvgIpc) is 2.52. The van der Waals surface area contributed by atoms with Crippen molar-refractivity contribution >= 4 is 0 Å². The molecular formula is C19H38N2. The van der Waals surface area contributed by atoms with E-state index in [4.69, 9.17) is 0 Å². The summed E-state index contributed by atoms with van der Waals surface area (Å²) < 4.78 is 0. The zero-order chi connectivity index (χ0) is 15.1. The molecule has 2 heteroatoms. The monoisotopic (exact) mass is 294 g/mol. The maximum Gasteiger partial charge on any atom is 0.00922 e. The molecule has 0 aliphatic heterocycles. The van der Waals surface area contributed by atoms with Crippen LogP contribution >= 0.6 is 0 Å². The highest BCUT2D eigenvalue weighted by Crippen LogP contribution is 2.29. The molecule has 2 aliphatic rings. The Kier molecular flexibility index (Phi) is 7.53. The van der Waals surface area contributed by atoms with Crippen LogP contribution < -0.4 is 5.32 Å². The lowest BCUT2D eigenvalue weighted by molar-refractivity contribution is 0.186. The predicted octanol–water partition coefficient (Wildman–Crippen LogP) is 4.45. The van der Waals surface area contributed by atoms with Crippen LogP contribution in [-0.4, -0.2) is 37.1 Å². The summed E-state index contributed by atoms with van der Waals surface area (Å²) >= 11 is 0. The Morgan fingerprint density at radius 1 is 1.00 bits per heavy atom. The third-order valence-corrected chi connectivity index (χ3v) is 5.98. The van der Waals surface area contributed by atoms with Crippen molar-refractivity contribution in [3.8, 4) is 0 Å². The lowest BCUT2D eigenvalue weighted by Gasteiger charge is -2.33. The quantitative estimate of drug-likeness (QED) is 0.698. The Morgan fingerprint density at radius 3 is 2.48 bits per heavy atom. The molecule has 2 saturated carbocycles. The predicted molar refractivity (Wildman–Crippen MR) is 92.7 cm³/mol. The van der Waals surface area contributed by atoms with Crippen LogP contribution in [0.4, 0.5) is 0 Å². The third kappa shape index (κ3) is 5.90. The summed E-state index contributed by atoms with van der Waals surface area (Å²) in [4.78, 5) is 2.62. The summed E-state index contributed by atoms with van der Waals surface area (Å²) in [5.41, 5.74) is 0. The SMILES string of the molecule is CC(C)C1CCCC(NCCCN(C)C2CCCCC2)C1. The van der Waals surface area contributed by atoms with Crippen LogP contribution in [0.25, 0.3) is 0 Å². The average molecular weight is 295 g/mol. The van der Waals surface area contributed by atoms with Crippen LogP contribution in [-0.2, 0) is 0 Å². The first-order chi connectivity index (χ1) is 10.2. The molecule has 0 aromatic carbocycles. The molecule has 0 aromatic heterocycles. The molecule has 2 unspecified atom stereocenters. The van der Waals surface area contributed by atoms with E-state index < -0.39 is 0 Å². The summed E-state index contributed by atoms with van der Waals surface area (Å²) in [5, 5.41) is 3.84. The molecule has 1 N–H and O–H groups in total. The number of hydrogen-bond acceptors (Lipinski definition) is 2. The van der Waals surface area contributed by atoms with Gasteiger partial charge in [0.1, 0.15) is 0 Å². The molecule has 0 radical (unpaired) electrons. The van der Waals surface area contributed by atoms with Gasteiger partial charge in [0, 0.05) is 12.1 Å². The zero-order valence-electron chi connectivity index (χ0n) is 14.7. The Labute approximate surface area is 133 Å². The fourth-order valence-corrected chi connectivity index (χ4v) is 4.36. The Hall–Kier alpha value is -0.0800. The van der Waals surface area contributed by atoms with E-state index in [0.29, 0.717) is 0 Å². The molecule has 0 amide bonds. The number of nitrogens with one attached hydrogen (secondary N) is 1. The normalized spacial score (nSPS) is 28.4. The van der Waals surface area contributed by atoms with E-state index in [1.54, 1.807) is 0 Å². The highest BCUT2D eigenvalue weighted by atomic mass is 15.1. The first kappa shape index (κ1) is 17.3. The summed E-state index contributed by atoms with van der Waals surface area (Å²) in [6.45, 7) is 7.28. The van der Waals surface area contributed by atoms with E-state index in [1.165, 1.54) is 77.3 Å². The maximum absolute atomic E-state index is 3.84. The van der Waals surface area contributed by atoms with Gasteiger partial charge in [0.05, 0.1) is 0 Å². The molecule has 0 saturated heterocycles. The van der Waals surface area contributed by atoms with Gasteiger partial charge < -0.3 is 10.2 Å². The molecule has 2 aliphatic carbocycles. The van der Waals surface area contributed by atoms with Gasteiger partial charge in [0.2, 0.25) is 0 Å². The molecule has 0 spiro atoms. The molecule has 2 fully saturated rings. The van der Waals surface area contributed by atoms with Crippen LogP contribution in [0, 0.1) is 11.8 Å². The van der Waals surface area contributed by atoms with Crippen LogP contribution in [0.5, 0.6) is 0 Å². The third-order valence-electron chi connectivity index (χ3n) is 5.98. The van der Waals surface area contributed by atoms with Crippen LogP contribution in [0.3, 0.4) is 0 Å². The second kappa shape index (κ2) is 9.15. The number of hydrogen-bond donors (Lipinski definition) is 1. The summed E-state index contributed by atoms with van der Waals surface area (Å²) in [6.07, 6.45) is 14.3. The van der Waals surface area contributed by atoms with Gasteiger partial charge in [-0.15, -0.1) is 0 Å². The van der Waals surface area contributed by atoms with Gasteiger partial charge in [-0.2, -0.15) is 0 Å². The van der Waals surface area contributed by atoms with Crippen molar-refractivity contribution in [2.75, 3.05) is 20.1 Å². The van der Waals surface area contributed by atoms with Crippen molar-refractivity contribution in [2.45, 2.75) is 90.1 Å². The minimum atomic E-state index is 0.797. The smallest absolute Gasteiger partial charge is 0.00922 e. The van der Waals surface area contributed by atoms with Gasteiger partial charge >= 0.3 is 0 Å². The molecule has 0 aromatic rings. The Morgan fingerprint density at radius 2 is 1.76 bits per heavy atom. The summed E-state index contributed by atoms with van der Waals surface area (Å²) in [5.74, 6) is 1.83. The fraction of sp³-hybridized carbons (Fsp3) is 1.00. The standard InChI is InChI=1S/C19H38N2/c1-16(2)17-9-7-10-18(15-17)20-13-8-14-21(3)19-11-5-4-6-12-19/h16-20H,4-15H2,1-3H3. The molecular weight excluding hydrogens is 256 g/mol. The first-order valence-corrected chi connectivity index (χ1v) is 9.60. The van der Waals surface area contributed by atoms with E-state index in [9.17, 15) is 0 Å². The van der Waals surface area contributed by atoms with Gasteiger partial charge in [-0.1, -0.05) is 46.0 Å². The largest absolute Gasteiger partial charge is 0.314 e. The van der Waals surface area contributed by atoms with Crippen LogP contribution in [0.15, 0.2) is 0 Å². The van der Waals surface area contributed by atoms with Crippen molar-refractivity contribution in [1.29, 1.82) is 0 Å². The molecule has 2 atom stereocenters. The molecule has 0 bridgehead atoms. The van der Waals surface area contributed by atoms with E-state index >= 15 is 0 Å². The minimum absolute atomic E-state index is 0.797. The van der Waals surface area contributed by atoms with Crippen LogP contribution in [0.1, 0.15) is 78.1 Å². The van der Waals surface area contributed by atoms with Crippen LogP contribution in [0.2, 0.25) is 0 Å². The van der Waals surface area contributed by atoms with Crippen molar-refractivity contribution < 1.29 is 0 Å². The number of nitrogens with zero attached hydrogens (tertiary/aromatic N) is 1. The van der Waals surface area contributed by atoms with Crippen molar-refractivity contribution in [3.05, 3.63) is 0 Å². The highest BCUT2D eigenvalue weighted by Gasteiger charge is 2.23. The summed E-state index contributed by atoms with van der Waals surface area (Å²) in [6, 6.07) is 1.67. The minimum Gasteiger partial charge on any atom is -0.314 e. The zero-order valence-corrected chi connectivity index (χ0v) is 14.7. The lowest BCUT2D eigenvalue weighted by Crippen LogP contribution is -2.38. The second-order valence-electron chi connectivity index (χ2n) is 7.95. The topological polar surface area (TPSA) is 15.3 Å². The van der Waals surface area contributed by atoms with Gasteiger partial charge in [-0.05, 0) is 64.1 Å². The molecule has 21 heavy (non-hydrogen) atoms. The Bertz CT molecular complexity index is 271.